The summed E-state index contributed by atoms with van der Waals surface area (Å²) in [5.74, 6) is 0. The zero-order valence-corrected chi connectivity index (χ0v) is 14.8. The number of halogens is 1. The molecular formula is C20H25ClN2. The van der Waals surface area contributed by atoms with Gasteiger partial charge in [-0.25, -0.2) is 0 Å². The van der Waals surface area contributed by atoms with E-state index < -0.39 is 0 Å². The van der Waals surface area contributed by atoms with Crippen LogP contribution in [0.2, 0.25) is 5.02 Å². The van der Waals surface area contributed by atoms with E-state index in [0.717, 1.165) is 37.7 Å². The molecule has 2 nitrogen and oxygen atoms in total. The maximum absolute atomic E-state index is 6.10. The second kappa shape index (κ2) is 7.48. The average Bonchev–Trinajstić information content (AvgIpc) is 2.57. The number of benzene rings is 2. The van der Waals surface area contributed by atoms with E-state index in [0.29, 0.717) is 6.04 Å². The molecule has 0 fully saturated rings. The highest BCUT2D eigenvalue weighted by Gasteiger charge is 2.26. The van der Waals surface area contributed by atoms with E-state index in [1.165, 1.54) is 16.7 Å². The first kappa shape index (κ1) is 16.5. The molecule has 0 saturated carbocycles. The monoisotopic (exact) mass is 328 g/mol. The normalized spacial score (nSPS) is 19.9. The van der Waals surface area contributed by atoms with Crippen molar-refractivity contribution in [1.82, 2.24) is 9.80 Å². The largest absolute Gasteiger partial charge is 0.298 e. The molecule has 0 radical (unpaired) electrons. The van der Waals surface area contributed by atoms with Crippen LogP contribution in [-0.4, -0.2) is 36.0 Å². The fourth-order valence-corrected chi connectivity index (χ4v) is 3.63. The summed E-state index contributed by atoms with van der Waals surface area (Å²) >= 11 is 6.10. The van der Waals surface area contributed by atoms with Gasteiger partial charge in [0, 0.05) is 24.7 Å². The number of nitrogens with zero attached hydrogens (tertiary/aromatic N) is 2. The molecule has 1 heterocycles. The summed E-state index contributed by atoms with van der Waals surface area (Å²) in [4.78, 5) is 5.10. The van der Waals surface area contributed by atoms with E-state index in [-0.39, 0.29) is 0 Å². The van der Waals surface area contributed by atoms with Crippen molar-refractivity contribution in [2.45, 2.75) is 26.4 Å². The Morgan fingerprint density at radius 3 is 2.39 bits per heavy atom. The maximum atomic E-state index is 6.10. The van der Waals surface area contributed by atoms with Crippen LogP contribution in [0.4, 0.5) is 0 Å². The highest BCUT2D eigenvalue weighted by atomic mass is 35.5. The second-order valence-electron chi connectivity index (χ2n) is 6.15. The molecular weight excluding hydrogens is 304 g/mol. The summed E-state index contributed by atoms with van der Waals surface area (Å²) < 4.78 is 0. The van der Waals surface area contributed by atoms with Crippen LogP contribution in [-0.2, 0) is 6.54 Å². The van der Waals surface area contributed by atoms with Gasteiger partial charge in [0.1, 0.15) is 0 Å². The van der Waals surface area contributed by atoms with Gasteiger partial charge in [0.05, 0.1) is 6.04 Å². The van der Waals surface area contributed by atoms with Gasteiger partial charge in [-0.1, -0.05) is 61.8 Å². The summed E-state index contributed by atoms with van der Waals surface area (Å²) in [5, 5.41) is 0.799. The van der Waals surface area contributed by atoms with Crippen LogP contribution in [0.5, 0.6) is 0 Å². The molecule has 0 bridgehead atoms. The molecule has 0 aromatic heterocycles. The van der Waals surface area contributed by atoms with Gasteiger partial charge >= 0.3 is 0 Å². The van der Waals surface area contributed by atoms with E-state index in [1.54, 1.807) is 0 Å². The van der Waals surface area contributed by atoms with Gasteiger partial charge in [-0.3, -0.25) is 9.80 Å². The lowest BCUT2D eigenvalue weighted by Gasteiger charge is -2.37. The molecule has 1 aliphatic rings. The Hall–Kier alpha value is -1.35. The van der Waals surface area contributed by atoms with Crippen molar-refractivity contribution in [1.29, 1.82) is 0 Å². The minimum absolute atomic E-state index is 0.312. The van der Waals surface area contributed by atoms with Crippen molar-refractivity contribution in [3.63, 3.8) is 0 Å². The molecule has 0 aliphatic carbocycles. The Balaban J connectivity index is 2.08. The van der Waals surface area contributed by atoms with Gasteiger partial charge in [-0.15, -0.1) is 0 Å². The zero-order valence-electron chi connectivity index (χ0n) is 14.0. The van der Waals surface area contributed by atoms with Crippen LogP contribution in [0, 0.1) is 0 Å². The third-order valence-corrected chi connectivity index (χ3v) is 5.10. The SMILES string of the molecule is CCN1CCN(CC)C(c2ccc(Cl)cc2)c2ccccc2C1. The van der Waals surface area contributed by atoms with Gasteiger partial charge in [0.2, 0.25) is 0 Å². The van der Waals surface area contributed by atoms with Crippen LogP contribution in [0.1, 0.15) is 36.6 Å². The van der Waals surface area contributed by atoms with Crippen molar-refractivity contribution in [2.24, 2.45) is 0 Å². The Labute approximate surface area is 144 Å². The first-order valence-corrected chi connectivity index (χ1v) is 8.90. The van der Waals surface area contributed by atoms with Crippen molar-refractivity contribution in [3.05, 3.63) is 70.2 Å². The first-order chi connectivity index (χ1) is 11.2. The molecule has 0 spiro atoms. The van der Waals surface area contributed by atoms with Crippen molar-refractivity contribution >= 4 is 11.6 Å². The van der Waals surface area contributed by atoms with Crippen LogP contribution in [0.3, 0.4) is 0 Å². The smallest absolute Gasteiger partial charge is 0.0605 e. The van der Waals surface area contributed by atoms with Crippen molar-refractivity contribution in [2.75, 3.05) is 26.2 Å². The van der Waals surface area contributed by atoms with Crippen LogP contribution in [0.15, 0.2) is 48.5 Å². The van der Waals surface area contributed by atoms with Crippen molar-refractivity contribution in [3.8, 4) is 0 Å². The number of fused-ring (bicyclic) bond motifs is 1. The first-order valence-electron chi connectivity index (χ1n) is 8.52. The Bertz CT molecular complexity index is 638. The number of rotatable bonds is 3. The number of hydrogen-bond donors (Lipinski definition) is 0. The molecule has 0 saturated heterocycles. The molecule has 1 aliphatic heterocycles. The van der Waals surface area contributed by atoms with Crippen LogP contribution in [0.25, 0.3) is 0 Å². The van der Waals surface area contributed by atoms with Gasteiger partial charge in [-0.05, 0) is 41.9 Å². The van der Waals surface area contributed by atoms with E-state index in [1.807, 2.05) is 12.1 Å². The van der Waals surface area contributed by atoms with E-state index >= 15 is 0 Å². The summed E-state index contributed by atoms with van der Waals surface area (Å²) in [6.45, 7) is 9.88. The lowest BCUT2D eigenvalue weighted by Crippen LogP contribution is -2.40. The minimum Gasteiger partial charge on any atom is -0.298 e. The fourth-order valence-electron chi connectivity index (χ4n) is 3.51. The highest BCUT2D eigenvalue weighted by molar-refractivity contribution is 6.30. The van der Waals surface area contributed by atoms with Gasteiger partial charge in [-0.2, -0.15) is 0 Å². The Morgan fingerprint density at radius 1 is 0.957 bits per heavy atom. The second-order valence-corrected chi connectivity index (χ2v) is 6.59. The molecule has 0 amide bonds. The Kier molecular flexibility index (Phi) is 5.37. The summed E-state index contributed by atoms with van der Waals surface area (Å²) in [6, 6.07) is 17.5. The average molecular weight is 329 g/mol. The van der Waals surface area contributed by atoms with Crippen molar-refractivity contribution < 1.29 is 0 Å². The third kappa shape index (κ3) is 3.60. The maximum Gasteiger partial charge on any atom is 0.0605 e. The van der Waals surface area contributed by atoms with Crippen LogP contribution < -0.4 is 0 Å². The summed E-state index contributed by atoms with van der Waals surface area (Å²) in [5.41, 5.74) is 4.19. The third-order valence-electron chi connectivity index (χ3n) is 4.85. The molecule has 23 heavy (non-hydrogen) atoms. The number of hydrogen-bond acceptors (Lipinski definition) is 2. The molecule has 1 atom stereocenters. The zero-order chi connectivity index (χ0) is 16.2. The van der Waals surface area contributed by atoms with E-state index in [4.69, 9.17) is 11.6 Å². The molecule has 3 rings (SSSR count). The van der Waals surface area contributed by atoms with Crippen LogP contribution >= 0.6 is 11.6 Å². The molecule has 2 aromatic carbocycles. The van der Waals surface area contributed by atoms with Gasteiger partial charge in [0.25, 0.3) is 0 Å². The summed E-state index contributed by atoms with van der Waals surface area (Å²) in [6.07, 6.45) is 0. The predicted molar refractivity (Wildman–Crippen MR) is 97.9 cm³/mol. The van der Waals surface area contributed by atoms with Gasteiger partial charge in [0.15, 0.2) is 0 Å². The molecule has 2 aromatic rings. The number of likely N-dealkylation sites (N-methyl/N-ethyl adjacent to an activating group) is 2. The molecule has 3 heteroatoms. The standard InChI is InChI=1S/C20H25ClN2/c1-3-22-13-14-23(4-2)20(16-9-11-18(21)12-10-16)19-8-6-5-7-17(19)15-22/h5-12,20H,3-4,13-15H2,1-2H3. The topological polar surface area (TPSA) is 6.48 Å². The fraction of sp³-hybridized carbons (Fsp3) is 0.400. The molecule has 1 unspecified atom stereocenters. The molecule has 0 N–H and O–H groups in total. The quantitative estimate of drug-likeness (QED) is 0.813. The molecule has 122 valence electrons. The summed E-state index contributed by atoms with van der Waals surface area (Å²) in [7, 11) is 0. The van der Waals surface area contributed by atoms with Gasteiger partial charge < -0.3 is 0 Å². The minimum atomic E-state index is 0.312. The van der Waals surface area contributed by atoms with E-state index in [9.17, 15) is 0 Å². The lowest BCUT2D eigenvalue weighted by atomic mass is 9.92. The Morgan fingerprint density at radius 2 is 1.70 bits per heavy atom. The lowest BCUT2D eigenvalue weighted by molar-refractivity contribution is 0.170. The highest BCUT2D eigenvalue weighted by Crippen LogP contribution is 2.33. The van der Waals surface area contributed by atoms with E-state index in [2.05, 4.69) is 60.0 Å². The predicted octanol–water partition coefficient (Wildman–Crippen LogP) is 4.59.